The van der Waals surface area contributed by atoms with Crippen LogP contribution < -0.4 is 15.5 Å². The van der Waals surface area contributed by atoms with E-state index in [1.54, 1.807) is 7.05 Å². The van der Waals surface area contributed by atoms with Crippen LogP contribution in [0.25, 0.3) is 0 Å². The van der Waals surface area contributed by atoms with E-state index in [2.05, 4.69) is 31.6 Å². The van der Waals surface area contributed by atoms with Crippen LogP contribution in [0.5, 0.6) is 0 Å². The topological polar surface area (TPSA) is 82.0 Å². The molecule has 3 heterocycles. The van der Waals surface area contributed by atoms with Gasteiger partial charge in [-0.05, 0) is 43.4 Å². The third-order valence-electron chi connectivity index (χ3n) is 5.38. The first-order valence-corrected chi connectivity index (χ1v) is 9.58. The zero-order valence-electron chi connectivity index (χ0n) is 16.1. The number of hydrogen-bond acceptors (Lipinski definition) is 5. The van der Waals surface area contributed by atoms with Crippen molar-refractivity contribution in [2.24, 2.45) is 10.4 Å². The molecule has 2 aliphatic rings. The standard InChI is InChI=1S/C19H31N5O2.HI/c1-20-18(23-14-19(5-10-25)6-11-26-15-19)22-13-16-4-7-21-17(12-16)24-8-2-3-9-24;/h4,7,12,25H,2-3,5-6,8-11,13-15H2,1H3,(H2,20,22,23);1H. The SMILES string of the molecule is CN=C(NCc1ccnc(N2CCCC2)c1)NCC1(CCO)CCOC1.I. The van der Waals surface area contributed by atoms with Crippen LogP contribution in [0.4, 0.5) is 5.82 Å². The van der Waals surface area contributed by atoms with E-state index < -0.39 is 0 Å². The van der Waals surface area contributed by atoms with Crippen molar-refractivity contribution < 1.29 is 9.84 Å². The van der Waals surface area contributed by atoms with Crippen LogP contribution in [0.1, 0.15) is 31.2 Å². The molecule has 152 valence electrons. The Morgan fingerprint density at radius 1 is 1.37 bits per heavy atom. The molecule has 0 spiro atoms. The molecule has 1 aromatic heterocycles. The molecular formula is C19H32IN5O2. The van der Waals surface area contributed by atoms with Crippen molar-refractivity contribution in [2.45, 2.75) is 32.2 Å². The number of guanidine groups is 1. The van der Waals surface area contributed by atoms with Crippen molar-refractivity contribution in [3.8, 4) is 0 Å². The van der Waals surface area contributed by atoms with Crippen molar-refractivity contribution in [3.63, 3.8) is 0 Å². The molecular weight excluding hydrogens is 457 g/mol. The molecule has 2 aliphatic heterocycles. The summed E-state index contributed by atoms with van der Waals surface area (Å²) < 4.78 is 5.55. The van der Waals surface area contributed by atoms with E-state index in [1.165, 1.54) is 18.4 Å². The van der Waals surface area contributed by atoms with Gasteiger partial charge in [-0.2, -0.15) is 0 Å². The van der Waals surface area contributed by atoms with Crippen LogP contribution in [0.2, 0.25) is 0 Å². The van der Waals surface area contributed by atoms with Crippen molar-refractivity contribution in [2.75, 3.05) is 51.4 Å². The average molecular weight is 489 g/mol. The summed E-state index contributed by atoms with van der Waals surface area (Å²) in [5.74, 6) is 1.84. The van der Waals surface area contributed by atoms with Crippen LogP contribution >= 0.6 is 24.0 Å². The Balaban J connectivity index is 0.00000261. The van der Waals surface area contributed by atoms with Crippen LogP contribution in [0.15, 0.2) is 23.3 Å². The van der Waals surface area contributed by atoms with Gasteiger partial charge in [0.2, 0.25) is 0 Å². The van der Waals surface area contributed by atoms with Gasteiger partial charge in [-0.1, -0.05) is 0 Å². The zero-order valence-corrected chi connectivity index (χ0v) is 18.4. The zero-order chi connectivity index (χ0) is 18.2. The molecule has 0 amide bonds. The molecule has 0 aromatic carbocycles. The summed E-state index contributed by atoms with van der Waals surface area (Å²) in [4.78, 5) is 11.2. The number of aliphatic hydroxyl groups excluding tert-OH is 1. The predicted molar refractivity (Wildman–Crippen MR) is 119 cm³/mol. The largest absolute Gasteiger partial charge is 0.396 e. The smallest absolute Gasteiger partial charge is 0.191 e. The number of aliphatic imine (C=N–C) groups is 1. The number of hydrogen-bond donors (Lipinski definition) is 3. The third kappa shape index (κ3) is 6.18. The quantitative estimate of drug-likeness (QED) is 0.308. The molecule has 3 rings (SSSR count). The van der Waals surface area contributed by atoms with Crippen molar-refractivity contribution >= 4 is 35.8 Å². The number of nitrogens with one attached hydrogen (secondary N) is 2. The maximum absolute atomic E-state index is 9.34. The first-order valence-electron chi connectivity index (χ1n) is 9.58. The summed E-state index contributed by atoms with van der Waals surface area (Å²) in [7, 11) is 1.78. The van der Waals surface area contributed by atoms with Gasteiger partial charge in [0, 0.05) is 58.1 Å². The second-order valence-corrected chi connectivity index (χ2v) is 7.27. The summed E-state index contributed by atoms with van der Waals surface area (Å²) >= 11 is 0. The summed E-state index contributed by atoms with van der Waals surface area (Å²) in [6, 6.07) is 4.20. The van der Waals surface area contributed by atoms with E-state index in [4.69, 9.17) is 4.74 Å². The lowest BCUT2D eigenvalue weighted by atomic mass is 9.84. The van der Waals surface area contributed by atoms with Crippen LogP contribution in [-0.4, -0.2) is 62.6 Å². The fraction of sp³-hybridized carbons (Fsp3) is 0.684. The van der Waals surface area contributed by atoms with Gasteiger partial charge in [-0.15, -0.1) is 24.0 Å². The van der Waals surface area contributed by atoms with E-state index in [1.807, 2.05) is 12.3 Å². The van der Waals surface area contributed by atoms with Crippen molar-refractivity contribution in [1.82, 2.24) is 15.6 Å². The van der Waals surface area contributed by atoms with Gasteiger partial charge in [0.1, 0.15) is 5.82 Å². The van der Waals surface area contributed by atoms with Gasteiger partial charge in [-0.3, -0.25) is 4.99 Å². The van der Waals surface area contributed by atoms with E-state index in [0.29, 0.717) is 13.2 Å². The molecule has 0 bridgehead atoms. The summed E-state index contributed by atoms with van der Waals surface area (Å²) in [5.41, 5.74) is 1.20. The number of anilines is 1. The highest BCUT2D eigenvalue weighted by Gasteiger charge is 2.34. The fourth-order valence-electron chi connectivity index (χ4n) is 3.68. The number of nitrogens with zero attached hydrogens (tertiary/aromatic N) is 3. The van der Waals surface area contributed by atoms with E-state index in [-0.39, 0.29) is 36.0 Å². The molecule has 1 atom stereocenters. The fourth-order valence-corrected chi connectivity index (χ4v) is 3.68. The highest BCUT2D eigenvalue weighted by Crippen LogP contribution is 2.31. The minimum Gasteiger partial charge on any atom is -0.396 e. The van der Waals surface area contributed by atoms with Crippen molar-refractivity contribution in [3.05, 3.63) is 23.9 Å². The summed E-state index contributed by atoms with van der Waals surface area (Å²) in [5, 5.41) is 16.1. The molecule has 3 N–H and O–H groups in total. The Kier molecular flexibility index (Phi) is 9.04. The monoisotopic (exact) mass is 489 g/mol. The maximum atomic E-state index is 9.34. The van der Waals surface area contributed by atoms with Gasteiger partial charge < -0.3 is 25.4 Å². The Labute approximate surface area is 179 Å². The normalized spacial score (nSPS) is 22.6. The molecule has 27 heavy (non-hydrogen) atoms. The number of halogens is 1. The van der Waals surface area contributed by atoms with Crippen LogP contribution in [0.3, 0.4) is 0 Å². The van der Waals surface area contributed by atoms with E-state index >= 15 is 0 Å². The first-order chi connectivity index (χ1) is 12.7. The second-order valence-electron chi connectivity index (χ2n) is 7.27. The van der Waals surface area contributed by atoms with Crippen LogP contribution in [-0.2, 0) is 11.3 Å². The van der Waals surface area contributed by atoms with Gasteiger partial charge in [0.25, 0.3) is 0 Å². The average Bonchev–Trinajstić information content (AvgIpc) is 3.35. The van der Waals surface area contributed by atoms with E-state index in [9.17, 15) is 5.11 Å². The van der Waals surface area contributed by atoms with Gasteiger partial charge in [0.05, 0.1) is 6.61 Å². The number of aromatic nitrogens is 1. The minimum atomic E-state index is 0. The lowest BCUT2D eigenvalue weighted by molar-refractivity contribution is 0.127. The summed E-state index contributed by atoms with van der Waals surface area (Å²) in [6.07, 6.45) is 6.11. The molecule has 0 saturated carbocycles. The highest BCUT2D eigenvalue weighted by molar-refractivity contribution is 14.0. The Morgan fingerprint density at radius 2 is 2.19 bits per heavy atom. The van der Waals surface area contributed by atoms with Crippen molar-refractivity contribution in [1.29, 1.82) is 0 Å². The Bertz CT molecular complexity index is 602. The van der Waals surface area contributed by atoms with Crippen LogP contribution in [0, 0.1) is 5.41 Å². The number of pyridine rings is 1. The Hall–Kier alpha value is -1.13. The third-order valence-corrected chi connectivity index (χ3v) is 5.38. The molecule has 0 radical (unpaired) electrons. The molecule has 8 heteroatoms. The molecule has 7 nitrogen and oxygen atoms in total. The lowest BCUT2D eigenvalue weighted by Gasteiger charge is -2.27. The van der Waals surface area contributed by atoms with E-state index in [0.717, 1.165) is 50.9 Å². The molecule has 1 aromatic rings. The predicted octanol–water partition coefficient (Wildman–Crippen LogP) is 1.75. The van der Waals surface area contributed by atoms with Gasteiger partial charge in [0.15, 0.2) is 5.96 Å². The van der Waals surface area contributed by atoms with Gasteiger partial charge >= 0.3 is 0 Å². The minimum absolute atomic E-state index is 0. The first kappa shape index (κ1) is 22.2. The summed E-state index contributed by atoms with van der Waals surface area (Å²) in [6.45, 7) is 5.30. The number of aliphatic hydroxyl groups is 1. The molecule has 2 fully saturated rings. The highest BCUT2D eigenvalue weighted by atomic mass is 127. The number of ether oxygens (including phenoxy) is 1. The second kappa shape index (κ2) is 11.0. The lowest BCUT2D eigenvalue weighted by Crippen LogP contribution is -2.44. The Morgan fingerprint density at radius 3 is 2.85 bits per heavy atom. The molecule has 0 aliphatic carbocycles. The maximum Gasteiger partial charge on any atom is 0.191 e. The molecule has 1 unspecified atom stereocenters. The number of rotatable bonds is 7. The molecule has 2 saturated heterocycles. The van der Waals surface area contributed by atoms with Gasteiger partial charge in [-0.25, -0.2) is 4.98 Å².